The van der Waals surface area contributed by atoms with Gasteiger partial charge in [0.1, 0.15) is 0 Å². The Labute approximate surface area is 208 Å². The van der Waals surface area contributed by atoms with Crippen molar-refractivity contribution in [1.82, 2.24) is 15.5 Å². The van der Waals surface area contributed by atoms with E-state index in [0.29, 0.717) is 17.8 Å². The molecule has 2 aliphatic rings. The van der Waals surface area contributed by atoms with Gasteiger partial charge in [0.25, 0.3) is 0 Å². The van der Waals surface area contributed by atoms with Crippen molar-refractivity contribution in [3.8, 4) is 0 Å². The first-order chi connectivity index (χ1) is 16.8. The normalized spacial score (nSPS) is 18.8. The van der Waals surface area contributed by atoms with Crippen LogP contribution in [0.4, 0.5) is 10.5 Å². The lowest BCUT2D eigenvalue weighted by Gasteiger charge is -2.38. The van der Waals surface area contributed by atoms with E-state index in [4.69, 9.17) is 4.74 Å². The fourth-order valence-electron chi connectivity index (χ4n) is 4.95. The molecule has 1 fully saturated rings. The number of rotatable bonds is 6. The van der Waals surface area contributed by atoms with Crippen LogP contribution in [0.5, 0.6) is 0 Å². The third-order valence-electron chi connectivity index (χ3n) is 7.07. The number of carbonyl (C=O) groups is 2. The summed E-state index contributed by atoms with van der Waals surface area (Å²) in [6.07, 6.45) is 0. The predicted octanol–water partition coefficient (Wildman–Crippen LogP) is 3.91. The first-order valence-electron chi connectivity index (χ1n) is 12.4. The second kappa shape index (κ2) is 10.5. The molecule has 2 N–H and O–H groups in total. The number of nitrogens with zero attached hydrogens (tertiary/aromatic N) is 2. The van der Waals surface area contributed by atoms with E-state index in [-0.39, 0.29) is 12.6 Å². The maximum Gasteiger partial charge on any atom is 0.338 e. The molecule has 186 valence electrons. The Morgan fingerprint density at radius 1 is 1.03 bits per heavy atom. The summed E-state index contributed by atoms with van der Waals surface area (Å²) in [7, 11) is 0. The van der Waals surface area contributed by atoms with Crippen molar-refractivity contribution in [2.75, 3.05) is 44.2 Å². The number of ether oxygens (including phenoxy) is 1. The Morgan fingerprint density at radius 2 is 1.77 bits per heavy atom. The van der Waals surface area contributed by atoms with Gasteiger partial charge in [-0.1, -0.05) is 35.9 Å². The molecule has 1 saturated heterocycles. The summed E-state index contributed by atoms with van der Waals surface area (Å²) in [4.78, 5) is 30.5. The number of nitrogens with one attached hydrogen (secondary N) is 2. The molecule has 0 saturated carbocycles. The monoisotopic (exact) mass is 476 g/mol. The summed E-state index contributed by atoms with van der Waals surface area (Å²) in [5.41, 5.74) is 8.01. The van der Waals surface area contributed by atoms with Crippen LogP contribution in [0, 0.1) is 27.7 Å². The number of hydrogen-bond donors (Lipinski definition) is 2. The van der Waals surface area contributed by atoms with Crippen molar-refractivity contribution in [3.63, 3.8) is 0 Å². The first kappa shape index (κ1) is 24.8. The first-order valence-corrected chi connectivity index (χ1v) is 12.4. The van der Waals surface area contributed by atoms with Crippen molar-refractivity contribution in [1.29, 1.82) is 0 Å². The summed E-state index contributed by atoms with van der Waals surface area (Å²) in [5.74, 6) is -0.394. The van der Waals surface area contributed by atoms with Gasteiger partial charge in [-0.05, 0) is 62.9 Å². The molecule has 35 heavy (non-hydrogen) atoms. The summed E-state index contributed by atoms with van der Waals surface area (Å²) in [5, 5.41) is 5.88. The molecule has 7 nitrogen and oxygen atoms in total. The van der Waals surface area contributed by atoms with Crippen LogP contribution in [0.3, 0.4) is 0 Å². The Balaban J connectivity index is 1.59. The maximum atomic E-state index is 13.1. The number of anilines is 1. The zero-order valence-electron chi connectivity index (χ0n) is 21.4. The zero-order valence-corrected chi connectivity index (χ0v) is 21.4. The van der Waals surface area contributed by atoms with Crippen LogP contribution in [-0.2, 0) is 9.53 Å². The molecule has 1 atom stereocenters. The summed E-state index contributed by atoms with van der Waals surface area (Å²) in [6, 6.07) is 11.7. The van der Waals surface area contributed by atoms with E-state index in [2.05, 4.69) is 52.5 Å². The van der Waals surface area contributed by atoms with Gasteiger partial charge in [0, 0.05) is 44.1 Å². The van der Waals surface area contributed by atoms with Crippen LogP contribution < -0.4 is 15.5 Å². The highest BCUT2D eigenvalue weighted by molar-refractivity contribution is 5.95. The lowest BCUT2D eigenvalue weighted by molar-refractivity contribution is -0.139. The van der Waals surface area contributed by atoms with Crippen molar-refractivity contribution in [2.24, 2.45) is 0 Å². The van der Waals surface area contributed by atoms with E-state index >= 15 is 0 Å². The molecule has 4 rings (SSSR count). The average molecular weight is 477 g/mol. The molecule has 0 aliphatic carbocycles. The topological polar surface area (TPSA) is 73.9 Å². The molecule has 1 unspecified atom stereocenters. The van der Waals surface area contributed by atoms with Crippen molar-refractivity contribution in [2.45, 2.75) is 40.7 Å². The summed E-state index contributed by atoms with van der Waals surface area (Å²) < 4.78 is 5.44. The van der Waals surface area contributed by atoms with Gasteiger partial charge in [0.2, 0.25) is 0 Å². The van der Waals surface area contributed by atoms with Gasteiger partial charge in [-0.25, -0.2) is 9.59 Å². The number of piperazine rings is 1. The van der Waals surface area contributed by atoms with Gasteiger partial charge in [-0.3, -0.25) is 4.90 Å². The summed E-state index contributed by atoms with van der Waals surface area (Å²) >= 11 is 0. The van der Waals surface area contributed by atoms with Crippen LogP contribution in [0.2, 0.25) is 0 Å². The number of urea groups is 1. The molecule has 2 aromatic rings. The third kappa shape index (κ3) is 5.35. The molecule has 0 spiro atoms. The second-order valence-corrected chi connectivity index (χ2v) is 9.49. The van der Waals surface area contributed by atoms with Gasteiger partial charge in [0.15, 0.2) is 0 Å². The Morgan fingerprint density at radius 3 is 2.49 bits per heavy atom. The van der Waals surface area contributed by atoms with Crippen LogP contribution in [-0.4, -0.2) is 56.2 Å². The van der Waals surface area contributed by atoms with Gasteiger partial charge >= 0.3 is 12.0 Å². The number of aryl methyl sites for hydroxylation is 3. The lowest BCUT2D eigenvalue weighted by Crippen LogP contribution is -2.52. The van der Waals surface area contributed by atoms with E-state index in [1.54, 1.807) is 6.92 Å². The van der Waals surface area contributed by atoms with Crippen LogP contribution in [0.15, 0.2) is 47.7 Å². The van der Waals surface area contributed by atoms with Crippen LogP contribution in [0.25, 0.3) is 0 Å². The predicted molar refractivity (Wildman–Crippen MR) is 139 cm³/mol. The average Bonchev–Trinajstić information content (AvgIpc) is 2.83. The van der Waals surface area contributed by atoms with E-state index < -0.39 is 12.0 Å². The number of hydrogen-bond acceptors (Lipinski definition) is 5. The Kier molecular flexibility index (Phi) is 7.45. The smallest absolute Gasteiger partial charge is 0.338 e. The van der Waals surface area contributed by atoms with E-state index in [1.165, 1.54) is 16.8 Å². The standard InChI is InChI=1S/C28H36N4O3/c1-6-35-27(33)25-23(29-28(34)30-26(25)22-16-18(2)10-11-20(22)4)17-31-12-14-32(15-13-31)24-9-7-8-19(3)21(24)5/h7-11,16,26H,6,12-15,17H2,1-5H3,(H2,29,30,34). The van der Waals surface area contributed by atoms with E-state index in [9.17, 15) is 9.59 Å². The molecule has 0 aromatic heterocycles. The number of benzene rings is 2. The van der Waals surface area contributed by atoms with Gasteiger partial charge in [-0.15, -0.1) is 0 Å². The van der Waals surface area contributed by atoms with Gasteiger partial charge < -0.3 is 20.3 Å². The van der Waals surface area contributed by atoms with Crippen LogP contribution >= 0.6 is 0 Å². The highest BCUT2D eigenvalue weighted by Gasteiger charge is 2.35. The molecule has 0 bridgehead atoms. The fourth-order valence-corrected chi connectivity index (χ4v) is 4.95. The minimum atomic E-state index is -0.547. The van der Waals surface area contributed by atoms with Gasteiger partial charge in [-0.2, -0.15) is 0 Å². The Bertz CT molecular complexity index is 1150. The number of carbonyl (C=O) groups excluding carboxylic acids is 2. The summed E-state index contributed by atoms with van der Waals surface area (Å²) in [6.45, 7) is 14.3. The molecule has 2 heterocycles. The van der Waals surface area contributed by atoms with E-state index in [0.717, 1.165) is 42.9 Å². The lowest BCUT2D eigenvalue weighted by atomic mass is 9.91. The van der Waals surface area contributed by atoms with Gasteiger partial charge in [0.05, 0.1) is 18.2 Å². The highest BCUT2D eigenvalue weighted by Crippen LogP contribution is 2.31. The molecular weight excluding hydrogens is 440 g/mol. The molecule has 2 aliphatic heterocycles. The van der Waals surface area contributed by atoms with Crippen LogP contribution in [0.1, 0.15) is 40.8 Å². The third-order valence-corrected chi connectivity index (χ3v) is 7.07. The quantitative estimate of drug-likeness (QED) is 0.619. The minimum Gasteiger partial charge on any atom is -0.463 e. The fraction of sp³-hybridized carbons (Fsp3) is 0.429. The van der Waals surface area contributed by atoms with Crippen molar-refractivity contribution in [3.05, 3.63) is 75.5 Å². The largest absolute Gasteiger partial charge is 0.463 e. The number of amides is 2. The zero-order chi connectivity index (χ0) is 25.1. The second-order valence-electron chi connectivity index (χ2n) is 9.49. The SMILES string of the molecule is CCOC(=O)C1=C(CN2CCN(c3cccc(C)c3C)CC2)NC(=O)NC1c1cc(C)ccc1C. The van der Waals surface area contributed by atoms with E-state index in [1.807, 2.05) is 32.0 Å². The Hall–Kier alpha value is -3.32. The molecular formula is C28H36N4O3. The number of esters is 1. The molecule has 0 radical (unpaired) electrons. The van der Waals surface area contributed by atoms with Crippen molar-refractivity contribution < 1.29 is 14.3 Å². The minimum absolute atomic E-state index is 0.275. The molecule has 2 amide bonds. The molecule has 2 aromatic carbocycles. The molecule has 7 heteroatoms. The van der Waals surface area contributed by atoms with Crippen molar-refractivity contribution >= 4 is 17.7 Å². The highest BCUT2D eigenvalue weighted by atomic mass is 16.5. The maximum absolute atomic E-state index is 13.1.